The summed E-state index contributed by atoms with van der Waals surface area (Å²) >= 11 is 11.8. The largest absolute Gasteiger partial charge is 0.493 e. The van der Waals surface area contributed by atoms with E-state index in [2.05, 4.69) is 10.5 Å². The molecule has 2 aromatic carbocycles. The van der Waals surface area contributed by atoms with Crippen LogP contribution in [0.3, 0.4) is 0 Å². The van der Waals surface area contributed by atoms with E-state index in [-0.39, 0.29) is 0 Å². The summed E-state index contributed by atoms with van der Waals surface area (Å²) in [7, 11) is 3.20. The van der Waals surface area contributed by atoms with Crippen molar-refractivity contribution in [2.45, 2.75) is 6.92 Å². The van der Waals surface area contributed by atoms with Gasteiger partial charge in [-0.3, -0.25) is 5.43 Å². The van der Waals surface area contributed by atoms with Crippen LogP contribution in [-0.2, 0) is 0 Å². The van der Waals surface area contributed by atoms with E-state index in [1.165, 1.54) is 0 Å². The summed E-state index contributed by atoms with van der Waals surface area (Å²) < 4.78 is 10.5. The van der Waals surface area contributed by atoms with E-state index in [9.17, 15) is 0 Å². The number of ether oxygens (including phenoxy) is 2. The second-order valence-electron chi connectivity index (χ2n) is 4.51. The van der Waals surface area contributed by atoms with Gasteiger partial charge in [-0.2, -0.15) is 5.10 Å². The molecule has 2 aromatic rings. The highest BCUT2D eigenvalue weighted by molar-refractivity contribution is 6.42. The van der Waals surface area contributed by atoms with Crippen molar-refractivity contribution in [3.63, 3.8) is 0 Å². The van der Waals surface area contributed by atoms with Gasteiger partial charge in [-0.15, -0.1) is 0 Å². The van der Waals surface area contributed by atoms with Crippen LogP contribution < -0.4 is 14.9 Å². The zero-order chi connectivity index (χ0) is 16.1. The minimum Gasteiger partial charge on any atom is -0.493 e. The predicted octanol–water partition coefficient (Wildman–Crippen LogP) is 4.85. The lowest BCUT2D eigenvalue weighted by atomic mass is 10.1. The number of hydrogen-bond donors (Lipinski definition) is 1. The molecule has 4 nitrogen and oxygen atoms in total. The smallest absolute Gasteiger partial charge is 0.161 e. The molecule has 116 valence electrons. The maximum Gasteiger partial charge on any atom is 0.161 e. The van der Waals surface area contributed by atoms with E-state index in [0.29, 0.717) is 21.5 Å². The fourth-order valence-electron chi connectivity index (χ4n) is 1.84. The first-order valence-electron chi connectivity index (χ1n) is 6.53. The standard InChI is InChI=1S/C16H16Cl2N2O2/c1-10(11-4-7-15(21-2)16(8-11)22-3)19-20-12-5-6-13(17)14(18)9-12/h4-9,20H,1-3H3. The van der Waals surface area contributed by atoms with E-state index < -0.39 is 0 Å². The first-order chi connectivity index (χ1) is 10.5. The lowest BCUT2D eigenvalue weighted by Crippen LogP contribution is -2.01. The molecule has 0 amide bonds. The molecule has 2 rings (SSSR count). The van der Waals surface area contributed by atoms with Crippen molar-refractivity contribution in [3.8, 4) is 11.5 Å². The van der Waals surface area contributed by atoms with E-state index >= 15 is 0 Å². The SMILES string of the molecule is COc1ccc(C(C)=NNc2ccc(Cl)c(Cl)c2)cc1OC. The number of rotatable bonds is 5. The third-order valence-corrected chi connectivity index (χ3v) is 3.81. The molecule has 0 saturated carbocycles. The fraction of sp³-hybridized carbons (Fsp3) is 0.188. The Labute approximate surface area is 139 Å². The van der Waals surface area contributed by atoms with Gasteiger partial charge in [0.15, 0.2) is 11.5 Å². The highest BCUT2D eigenvalue weighted by Gasteiger charge is 2.06. The molecule has 0 aliphatic heterocycles. The Morgan fingerprint density at radius 2 is 1.68 bits per heavy atom. The molecular formula is C16H16Cl2N2O2. The number of benzene rings is 2. The minimum absolute atomic E-state index is 0.477. The Morgan fingerprint density at radius 1 is 0.955 bits per heavy atom. The van der Waals surface area contributed by atoms with Crippen LogP contribution >= 0.6 is 23.2 Å². The summed E-state index contributed by atoms with van der Waals surface area (Å²) in [6, 6.07) is 10.9. The third-order valence-electron chi connectivity index (χ3n) is 3.07. The zero-order valence-electron chi connectivity index (χ0n) is 12.5. The third kappa shape index (κ3) is 3.84. The van der Waals surface area contributed by atoms with Crippen molar-refractivity contribution in [2.75, 3.05) is 19.6 Å². The van der Waals surface area contributed by atoms with Crippen molar-refractivity contribution < 1.29 is 9.47 Å². The molecule has 0 atom stereocenters. The van der Waals surface area contributed by atoms with Gasteiger partial charge in [0.1, 0.15) is 0 Å². The Morgan fingerprint density at radius 3 is 2.32 bits per heavy atom. The first kappa shape index (κ1) is 16.5. The molecule has 22 heavy (non-hydrogen) atoms. The number of hydrogen-bond acceptors (Lipinski definition) is 4. The predicted molar refractivity (Wildman–Crippen MR) is 91.8 cm³/mol. The van der Waals surface area contributed by atoms with Crippen LogP contribution in [0.15, 0.2) is 41.5 Å². The highest BCUT2D eigenvalue weighted by Crippen LogP contribution is 2.28. The van der Waals surface area contributed by atoms with Crippen LogP contribution in [0.2, 0.25) is 10.0 Å². The number of halogens is 2. The molecule has 0 heterocycles. The number of nitrogens with one attached hydrogen (secondary N) is 1. The monoisotopic (exact) mass is 338 g/mol. The maximum atomic E-state index is 5.97. The number of methoxy groups -OCH3 is 2. The second kappa shape index (κ2) is 7.38. The normalized spacial score (nSPS) is 11.2. The Hall–Kier alpha value is -1.91. The number of nitrogens with zero attached hydrogens (tertiary/aromatic N) is 1. The van der Waals surface area contributed by atoms with Gasteiger partial charge >= 0.3 is 0 Å². The van der Waals surface area contributed by atoms with Gasteiger partial charge in [-0.25, -0.2) is 0 Å². The summed E-state index contributed by atoms with van der Waals surface area (Å²) in [5.74, 6) is 1.33. The van der Waals surface area contributed by atoms with Crippen LogP contribution in [0.1, 0.15) is 12.5 Å². The van der Waals surface area contributed by atoms with E-state index in [0.717, 1.165) is 17.0 Å². The zero-order valence-corrected chi connectivity index (χ0v) is 14.0. The molecule has 0 bridgehead atoms. The van der Waals surface area contributed by atoms with E-state index in [1.807, 2.05) is 25.1 Å². The molecule has 0 spiro atoms. The quantitative estimate of drug-likeness (QED) is 0.626. The van der Waals surface area contributed by atoms with Crippen molar-refractivity contribution in [2.24, 2.45) is 5.10 Å². The van der Waals surface area contributed by atoms with Crippen molar-refractivity contribution >= 4 is 34.6 Å². The Bertz CT molecular complexity index is 703. The van der Waals surface area contributed by atoms with Gasteiger partial charge in [0.2, 0.25) is 0 Å². The Balaban J connectivity index is 2.19. The van der Waals surface area contributed by atoms with Crippen LogP contribution in [0.4, 0.5) is 5.69 Å². The van der Waals surface area contributed by atoms with Crippen LogP contribution in [0.25, 0.3) is 0 Å². The summed E-state index contributed by atoms with van der Waals surface area (Å²) in [5, 5.41) is 5.32. The molecule has 0 aromatic heterocycles. The molecule has 0 saturated heterocycles. The summed E-state index contributed by atoms with van der Waals surface area (Å²) in [5.41, 5.74) is 5.43. The second-order valence-corrected chi connectivity index (χ2v) is 5.32. The summed E-state index contributed by atoms with van der Waals surface area (Å²) in [6.07, 6.45) is 0. The van der Waals surface area contributed by atoms with Crippen LogP contribution in [-0.4, -0.2) is 19.9 Å². The molecule has 0 aliphatic rings. The lowest BCUT2D eigenvalue weighted by molar-refractivity contribution is 0.355. The molecule has 6 heteroatoms. The molecule has 1 N–H and O–H groups in total. The van der Waals surface area contributed by atoms with Crippen LogP contribution in [0.5, 0.6) is 11.5 Å². The van der Waals surface area contributed by atoms with Gasteiger partial charge in [0.25, 0.3) is 0 Å². The van der Waals surface area contributed by atoms with Gasteiger partial charge in [-0.05, 0) is 43.3 Å². The van der Waals surface area contributed by atoms with Gasteiger partial charge in [0, 0.05) is 5.56 Å². The number of anilines is 1. The fourth-order valence-corrected chi connectivity index (χ4v) is 2.14. The van der Waals surface area contributed by atoms with E-state index in [1.54, 1.807) is 32.4 Å². The van der Waals surface area contributed by atoms with Gasteiger partial charge < -0.3 is 9.47 Å². The van der Waals surface area contributed by atoms with Gasteiger partial charge in [-0.1, -0.05) is 23.2 Å². The van der Waals surface area contributed by atoms with E-state index in [4.69, 9.17) is 32.7 Å². The maximum absolute atomic E-state index is 5.97. The van der Waals surface area contributed by atoms with Crippen molar-refractivity contribution in [1.29, 1.82) is 0 Å². The van der Waals surface area contributed by atoms with Crippen LogP contribution in [0, 0.1) is 0 Å². The highest BCUT2D eigenvalue weighted by atomic mass is 35.5. The average Bonchev–Trinajstić information content (AvgIpc) is 2.54. The van der Waals surface area contributed by atoms with Gasteiger partial charge in [0.05, 0.1) is 35.7 Å². The first-order valence-corrected chi connectivity index (χ1v) is 7.28. The summed E-state index contributed by atoms with van der Waals surface area (Å²) in [6.45, 7) is 1.89. The molecule has 0 fully saturated rings. The minimum atomic E-state index is 0.477. The topological polar surface area (TPSA) is 42.8 Å². The lowest BCUT2D eigenvalue weighted by Gasteiger charge is -2.10. The summed E-state index contributed by atoms with van der Waals surface area (Å²) in [4.78, 5) is 0. The molecule has 0 aliphatic carbocycles. The number of hydrazone groups is 1. The molecule has 0 radical (unpaired) electrons. The Kier molecular flexibility index (Phi) is 5.52. The average molecular weight is 339 g/mol. The molecular weight excluding hydrogens is 323 g/mol. The van der Waals surface area contributed by atoms with Crippen molar-refractivity contribution in [1.82, 2.24) is 0 Å². The van der Waals surface area contributed by atoms with Crippen molar-refractivity contribution in [3.05, 3.63) is 52.0 Å². The molecule has 0 unspecified atom stereocenters.